The number of hydrogen-bond acceptors (Lipinski definition) is 4. The summed E-state index contributed by atoms with van der Waals surface area (Å²) in [7, 11) is 0. The normalized spacial score (nSPS) is 15.4. The SMILES string of the molecule is O=C1NC(c2cccc([N+](=O)[O-])c2)=N/C1=C\c1ccc(Br)cc1. The van der Waals surface area contributed by atoms with Gasteiger partial charge in [-0.1, -0.05) is 40.2 Å². The number of amidine groups is 1. The summed E-state index contributed by atoms with van der Waals surface area (Å²) >= 11 is 3.35. The van der Waals surface area contributed by atoms with Crippen LogP contribution in [0.25, 0.3) is 6.08 Å². The van der Waals surface area contributed by atoms with Crippen LogP contribution in [0.4, 0.5) is 5.69 Å². The lowest BCUT2D eigenvalue weighted by Gasteiger charge is -1.99. The van der Waals surface area contributed by atoms with Gasteiger partial charge >= 0.3 is 0 Å². The van der Waals surface area contributed by atoms with Gasteiger partial charge < -0.3 is 5.32 Å². The Morgan fingerprint density at radius 2 is 1.91 bits per heavy atom. The maximum Gasteiger partial charge on any atom is 0.275 e. The highest BCUT2D eigenvalue weighted by Crippen LogP contribution is 2.19. The number of amides is 1. The molecule has 0 spiro atoms. The number of nitrogens with zero attached hydrogens (tertiary/aromatic N) is 2. The van der Waals surface area contributed by atoms with Crippen LogP contribution in [-0.2, 0) is 4.79 Å². The molecule has 0 radical (unpaired) electrons. The van der Waals surface area contributed by atoms with Gasteiger partial charge in [0, 0.05) is 22.2 Å². The molecule has 7 heteroatoms. The molecule has 0 saturated heterocycles. The van der Waals surface area contributed by atoms with Crippen LogP contribution in [-0.4, -0.2) is 16.7 Å². The van der Waals surface area contributed by atoms with E-state index in [0.717, 1.165) is 10.0 Å². The van der Waals surface area contributed by atoms with Crippen molar-refractivity contribution >= 4 is 39.4 Å². The third-order valence-electron chi connectivity index (χ3n) is 3.20. The van der Waals surface area contributed by atoms with Crippen molar-refractivity contribution in [1.82, 2.24) is 5.32 Å². The molecule has 1 aliphatic rings. The van der Waals surface area contributed by atoms with Crippen molar-refractivity contribution < 1.29 is 9.72 Å². The topological polar surface area (TPSA) is 84.6 Å². The molecule has 0 atom stereocenters. The summed E-state index contributed by atoms with van der Waals surface area (Å²) in [6.45, 7) is 0. The zero-order valence-electron chi connectivity index (χ0n) is 11.7. The quantitative estimate of drug-likeness (QED) is 0.510. The fraction of sp³-hybridized carbons (Fsp3) is 0. The highest BCUT2D eigenvalue weighted by Gasteiger charge is 2.22. The summed E-state index contributed by atoms with van der Waals surface area (Å²) in [5.41, 5.74) is 1.53. The van der Waals surface area contributed by atoms with Crippen LogP contribution < -0.4 is 5.32 Å². The van der Waals surface area contributed by atoms with Crippen LogP contribution in [0.15, 0.2) is 63.7 Å². The molecule has 114 valence electrons. The molecule has 23 heavy (non-hydrogen) atoms. The van der Waals surface area contributed by atoms with Crippen molar-refractivity contribution in [2.75, 3.05) is 0 Å². The zero-order valence-corrected chi connectivity index (χ0v) is 13.3. The molecule has 0 saturated carbocycles. The van der Waals surface area contributed by atoms with Gasteiger partial charge in [-0.3, -0.25) is 14.9 Å². The monoisotopic (exact) mass is 371 g/mol. The van der Waals surface area contributed by atoms with E-state index in [4.69, 9.17) is 0 Å². The number of benzene rings is 2. The third-order valence-corrected chi connectivity index (χ3v) is 3.73. The first kappa shape index (κ1) is 15.1. The van der Waals surface area contributed by atoms with E-state index in [1.165, 1.54) is 12.1 Å². The number of halogens is 1. The first-order valence-electron chi connectivity index (χ1n) is 6.65. The van der Waals surface area contributed by atoms with Gasteiger partial charge in [-0.2, -0.15) is 0 Å². The average Bonchev–Trinajstić information content (AvgIpc) is 2.91. The van der Waals surface area contributed by atoms with E-state index < -0.39 is 4.92 Å². The van der Waals surface area contributed by atoms with Gasteiger partial charge in [0.05, 0.1) is 4.92 Å². The average molecular weight is 372 g/mol. The second-order valence-corrected chi connectivity index (χ2v) is 5.72. The predicted molar refractivity (Wildman–Crippen MR) is 89.9 cm³/mol. The van der Waals surface area contributed by atoms with E-state index >= 15 is 0 Å². The van der Waals surface area contributed by atoms with Crippen LogP contribution in [0.5, 0.6) is 0 Å². The Hall–Kier alpha value is -2.80. The predicted octanol–water partition coefficient (Wildman–Crippen LogP) is 3.27. The van der Waals surface area contributed by atoms with Crippen molar-refractivity contribution in [2.24, 2.45) is 4.99 Å². The number of nitro benzene ring substituents is 1. The zero-order chi connectivity index (χ0) is 16.4. The number of hydrogen-bond donors (Lipinski definition) is 1. The van der Waals surface area contributed by atoms with E-state index in [-0.39, 0.29) is 17.3 Å². The minimum absolute atomic E-state index is 0.0511. The molecule has 0 bridgehead atoms. The molecule has 1 heterocycles. The number of aliphatic imine (C=N–C) groups is 1. The molecule has 2 aromatic rings. The summed E-state index contributed by atoms with van der Waals surface area (Å²) in [4.78, 5) is 26.6. The lowest BCUT2D eigenvalue weighted by Crippen LogP contribution is -2.24. The van der Waals surface area contributed by atoms with Crippen LogP contribution in [0.1, 0.15) is 11.1 Å². The molecule has 0 unspecified atom stereocenters. The summed E-state index contributed by atoms with van der Waals surface area (Å²) in [5.74, 6) is -0.0310. The van der Waals surface area contributed by atoms with E-state index in [0.29, 0.717) is 11.4 Å². The number of carbonyl (C=O) groups is 1. The standard InChI is InChI=1S/C16H10BrN3O3/c17-12-6-4-10(5-7-12)8-14-16(21)19-15(18-14)11-2-1-3-13(9-11)20(22)23/h1-9H,(H,18,19,21)/b14-8-. The Morgan fingerprint density at radius 3 is 2.61 bits per heavy atom. The molecule has 0 fully saturated rings. The minimum Gasteiger partial charge on any atom is -0.305 e. The number of nitro groups is 1. The van der Waals surface area contributed by atoms with Crippen molar-refractivity contribution in [1.29, 1.82) is 0 Å². The van der Waals surface area contributed by atoms with Gasteiger partial charge in [0.15, 0.2) is 0 Å². The smallest absolute Gasteiger partial charge is 0.275 e. The van der Waals surface area contributed by atoms with Gasteiger partial charge in [0.1, 0.15) is 11.5 Å². The fourth-order valence-electron chi connectivity index (χ4n) is 2.09. The first-order chi connectivity index (χ1) is 11.0. The van der Waals surface area contributed by atoms with Gasteiger partial charge in [-0.25, -0.2) is 4.99 Å². The lowest BCUT2D eigenvalue weighted by molar-refractivity contribution is -0.384. The third kappa shape index (κ3) is 3.35. The number of rotatable bonds is 3. The van der Waals surface area contributed by atoms with Gasteiger partial charge in [0.2, 0.25) is 0 Å². The summed E-state index contributed by atoms with van der Waals surface area (Å²) in [6.07, 6.45) is 1.66. The van der Waals surface area contributed by atoms with Crippen molar-refractivity contribution in [3.8, 4) is 0 Å². The second kappa shape index (κ2) is 6.13. The molecule has 1 N–H and O–H groups in total. The molecule has 0 aliphatic carbocycles. The summed E-state index contributed by atoms with van der Waals surface area (Å²) < 4.78 is 0.941. The Labute approximate surface area is 139 Å². The van der Waals surface area contributed by atoms with Crippen LogP contribution in [0.2, 0.25) is 0 Å². The Bertz CT molecular complexity index is 857. The molecule has 3 rings (SSSR count). The highest BCUT2D eigenvalue weighted by atomic mass is 79.9. The van der Waals surface area contributed by atoms with Crippen LogP contribution in [0, 0.1) is 10.1 Å². The van der Waals surface area contributed by atoms with Gasteiger partial charge in [-0.15, -0.1) is 0 Å². The molecule has 1 aliphatic heterocycles. The van der Waals surface area contributed by atoms with Crippen molar-refractivity contribution in [3.05, 3.63) is 79.9 Å². The van der Waals surface area contributed by atoms with Crippen molar-refractivity contribution in [2.45, 2.75) is 0 Å². The molecule has 2 aromatic carbocycles. The largest absolute Gasteiger partial charge is 0.305 e. The Kier molecular flexibility index (Phi) is 4.03. The van der Waals surface area contributed by atoms with Crippen LogP contribution >= 0.6 is 15.9 Å². The van der Waals surface area contributed by atoms with E-state index in [9.17, 15) is 14.9 Å². The Balaban J connectivity index is 1.93. The number of nitrogens with one attached hydrogen (secondary N) is 1. The van der Waals surface area contributed by atoms with Crippen molar-refractivity contribution in [3.63, 3.8) is 0 Å². The summed E-state index contributed by atoms with van der Waals surface area (Å²) in [5, 5.41) is 13.5. The molecule has 6 nitrogen and oxygen atoms in total. The molecule has 1 amide bonds. The molecular weight excluding hydrogens is 362 g/mol. The Morgan fingerprint density at radius 1 is 1.17 bits per heavy atom. The number of non-ortho nitro benzene ring substituents is 1. The van der Waals surface area contributed by atoms with E-state index in [1.54, 1.807) is 18.2 Å². The van der Waals surface area contributed by atoms with Crippen LogP contribution in [0.3, 0.4) is 0 Å². The number of carbonyl (C=O) groups excluding carboxylic acids is 1. The first-order valence-corrected chi connectivity index (χ1v) is 7.44. The van der Waals surface area contributed by atoms with E-state index in [2.05, 4.69) is 26.2 Å². The fourth-order valence-corrected chi connectivity index (χ4v) is 2.35. The van der Waals surface area contributed by atoms with Gasteiger partial charge in [-0.05, 0) is 23.8 Å². The second-order valence-electron chi connectivity index (χ2n) is 4.80. The lowest BCUT2D eigenvalue weighted by atomic mass is 10.2. The highest BCUT2D eigenvalue weighted by molar-refractivity contribution is 9.10. The minimum atomic E-state index is -0.487. The maximum absolute atomic E-state index is 12.0. The molecular formula is C16H10BrN3O3. The maximum atomic E-state index is 12.0. The molecule has 0 aromatic heterocycles. The van der Waals surface area contributed by atoms with Gasteiger partial charge in [0.25, 0.3) is 11.6 Å². The van der Waals surface area contributed by atoms with E-state index in [1.807, 2.05) is 24.3 Å². The summed E-state index contributed by atoms with van der Waals surface area (Å²) in [6, 6.07) is 13.4.